The number of nitrogens with one attached hydrogen (secondary N) is 1. The summed E-state index contributed by atoms with van der Waals surface area (Å²) in [5, 5.41) is 2.73. The molecule has 0 radical (unpaired) electrons. The average Bonchev–Trinajstić information content (AvgIpc) is 2.19. The van der Waals surface area contributed by atoms with Crippen molar-refractivity contribution in [2.45, 2.75) is 6.92 Å². The minimum absolute atomic E-state index is 0.0800. The molecular weight excluding hydrogens is 282 g/mol. The van der Waals surface area contributed by atoms with Crippen LogP contribution in [0.25, 0.3) is 0 Å². The summed E-state index contributed by atoms with van der Waals surface area (Å²) in [5.74, 6) is 0.477. The fourth-order valence-electron chi connectivity index (χ4n) is 1.39. The van der Waals surface area contributed by atoms with Crippen LogP contribution < -0.4 is 5.32 Å². The smallest absolute Gasteiger partial charge is 0.239 e. The zero-order valence-electron chi connectivity index (χ0n) is 10.0. The van der Waals surface area contributed by atoms with E-state index in [2.05, 4.69) is 32.8 Å². The van der Waals surface area contributed by atoms with Crippen LogP contribution in [0.4, 0.5) is 5.82 Å². The molecule has 17 heavy (non-hydrogen) atoms. The number of halogens is 1. The zero-order valence-corrected chi connectivity index (χ0v) is 11.6. The van der Waals surface area contributed by atoms with E-state index in [0.717, 1.165) is 10.0 Å². The number of nitrogens with zero attached hydrogens (tertiary/aromatic N) is 2. The van der Waals surface area contributed by atoms with Crippen molar-refractivity contribution in [1.82, 2.24) is 9.88 Å². The van der Waals surface area contributed by atoms with Crippen molar-refractivity contribution in [2.75, 3.05) is 25.5 Å². The Balaban J connectivity index is 2.44. The molecule has 0 spiro atoms. The molecular formula is C12H16BrN3O. The lowest BCUT2D eigenvalue weighted by molar-refractivity contribution is -0.116. The highest BCUT2D eigenvalue weighted by atomic mass is 79.9. The summed E-state index contributed by atoms with van der Waals surface area (Å²) >= 11 is 3.29. The maximum Gasteiger partial charge on any atom is 0.239 e. The molecule has 0 aliphatic rings. The first-order valence-corrected chi connectivity index (χ1v) is 6.01. The van der Waals surface area contributed by atoms with Crippen LogP contribution in [-0.2, 0) is 4.79 Å². The fourth-order valence-corrected chi connectivity index (χ4v) is 1.63. The molecule has 1 aromatic rings. The van der Waals surface area contributed by atoms with E-state index in [-0.39, 0.29) is 5.91 Å². The number of amides is 1. The van der Waals surface area contributed by atoms with Crippen molar-refractivity contribution >= 4 is 27.7 Å². The van der Waals surface area contributed by atoms with Crippen LogP contribution in [0, 0.1) is 0 Å². The number of hydrogen-bond donors (Lipinski definition) is 1. The molecule has 4 nitrogen and oxygen atoms in total. The Hall–Kier alpha value is -1.20. The van der Waals surface area contributed by atoms with Crippen LogP contribution in [0.5, 0.6) is 0 Å². The average molecular weight is 298 g/mol. The third-order valence-corrected chi connectivity index (χ3v) is 2.42. The van der Waals surface area contributed by atoms with Crippen LogP contribution in [-0.4, -0.2) is 35.9 Å². The minimum atomic E-state index is -0.0800. The van der Waals surface area contributed by atoms with Gasteiger partial charge in [-0.1, -0.05) is 12.2 Å². The second-order valence-corrected chi connectivity index (χ2v) is 4.95. The number of hydrogen-bond acceptors (Lipinski definition) is 3. The Bertz CT molecular complexity index is 403. The molecule has 5 heteroatoms. The molecule has 0 saturated carbocycles. The highest BCUT2D eigenvalue weighted by molar-refractivity contribution is 9.10. The van der Waals surface area contributed by atoms with Crippen LogP contribution in [0.3, 0.4) is 0 Å². The van der Waals surface area contributed by atoms with E-state index in [1.807, 2.05) is 24.9 Å². The van der Waals surface area contributed by atoms with Gasteiger partial charge in [-0.05, 0) is 42.0 Å². The highest BCUT2D eigenvalue weighted by Crippen LogP contribution is 2.10. The van der Waals surface area contributed by atoms with Gasteiger partial charge in [0.1, 0.15) is 5.82 Å². The van der Waals surface area contributed by atoms with Gasteiger partial charge in [0.2, 0.25) is 5.91 Å². The standard InChI is InChI=1S/C12H16BrN3O/c1-9(2)7-16(3)8-12(17)15-11-5-4-10(13)6-14-11/h4-6H,1,7-8H2,2-3H3,(H,14,15,17). The van der Waals surface area contributed by atoms with Crippen LogP contribution in [0.15, 0.2) is 35.0 Å². The summed E-state index contributed by atoms with van der Waals surface area (Å²) in [6.45, 7) is 6.77. The van der Waals surface area contributed by atoms with Crippen molar-refractivity contribution in [3.8, 4) is 0 Å². The van der Waals surface area contributed by atoms with Crippen molar-refractivity contribution in [3.63, 3.8) is 0 Å². The molecule has 0 aliphatic carbocycles. The first-order chi connectivity index (χ1) is 7.97. The zero-order chi connectivity index (χ0) is 12.8. The van der Waals surface area contributed by atoms with Gasteiger partial charge in [-0.2, -0.15) is 0 Å². The Kier molecular flexibility index (Phi) is 5.31. The Morgan fingerprint density at radius 3 is 2.76 bits per heavy atom. The summed E-state index contributed by atoms with van der Waals surface area (Å²) in [4.78, 5) is 17.6. The number of aromatic nitrogens is 1. The molecule has 1 N–H and O–H groups in total. The van der Waals surface area contributed by atoms with Gasteiger partial charge in [0, 0.05) is 17.2 Å². The number of carbonyl (C=O) groups is 1. The number of pyridine rings is 1. The van der Waals surface area contributed by atoms with Crippen molar-refractivity contribution in [2.24, 2.45) is 0 Å². The summed E-state index contributed by atoms with van der Waals surface area (Å²) in [6, 6.07) is 3.58. The molecule has 1 aromatic heterocycles. The van der Waals surface area contributed by atoms with Crippen molar-refractivity contribution < 1.29 is 4.79 Å². The Morgan fingerprint density at radius 1 is 1.53 bits per heavy atom. The van der Waals surface area contributed by atoms with Crippen molar-refractivity contribution in [3.05, 3.63) is 35.0 Å². The van der Waals surface area contributed by atoms with Crippen LogP contribution in [0.1, 0.15) is 6.92 Å². The van der Waals surface area contributed by atoms with Gasteiger partial charge in [-0.15, -0.1) is 0 Å². The van der Waals surface area contributed by atoms with E-state index < -0.39 is 0 Å². The molecule has 0 bridgehead atoms. The molecule has 0 aliphatic heterocycles. The number of carbonyl (C=O) groups excluding carboxylic acids is 1. The van der Waals surface area contributed by atoms with Gasteiger partial charge in [0.05, 0.1) is 6.54 Å². The first-order valence-electron chi connectivity index (χ1n) is 5.21. The molecule has 1 rings (SSSR count). The minimum Gasteiger partial charge on any atom is -0.310 e. The molecule has 1 amide bonds. The molecule has 0 fully saturated rings. The van der Waals surface area contributed by atoms with E-state index in [9.17, 15) is 4.79 Å². The first kappa shape index (κ1) is 13.9. The van der Waals surface area contributed by atoms with Gasteiger partial charge >= 0.3 is 0 Å². The largest absolute Gasteiger partial charge is 0.310 e. The van der Waals surface area contributed by atoms with E-state index in [1.165, 1.54) is 0 Å². The van der Waals surface area contributed by atoms with E-state index in [1.54, 1.807) is 12.3 Å². The number of anilines is 1. The summed E-state index contributed by atoms with van der Waals surface area (Å²) in [5.41, 5.74) is 1.03. The van der Waals surface area contributed by atoms with Gasteiger partial charge in [-0.3, -0.25) is 9.69 Å². The van der Waals surface area contributed by atoms with Crippen LogP contribution >= 0.6 is 15.9 Å². The number of rotatable bonds is 5. The highest BCUT2D eigenvalue weighted by Gasteiger charge is 2.07. The van der Waals surface area contributed by atoms with Gasteiger partial charge in [0.25, 0.3) is 0 Å². The van der Waals surface area contributed by atoms with Crippen molar-refractivity contribution in [1.29, 1.82) is 0 Å². The predicted octanol–water partition coefficient (Wildman–Crippen LogP) is 2.29. The second kappa shape index (κ2) is 6.51. The molecule has 0 unspecified atom stereocenters. The molecule has 0 aromatic carbocycles. The van der Waals surface area contributed by atoms with Gasteiger partial charge in [-0.25, -0.2) is 4.98 Å². The maximum atomic E-state index is 11.7. The monoisotopic (exact) mass is 297 g/mol. The summed E-state index contributed by atoms with van der Waals surface area (Å²) in [7, 11) is 1.88. The number of likely N-dealkylation sites (N-methyl/N-ethyl adjacent to an activating group) is 1. The third-order valence-electron chi connectivity index (χ3n) is 1.95. The van der Waals surface area contributed by atoms with Gasteiger partial charge < -0.3 is 5.32 Å². The Morgan fingerprint density at radius 2 is 2.24 bits per heavy atom. The quantitative estimate of drug-likeness (QED) is 0.848. The lowest BCUT2D eigenvalue weighted by Crippen LogP contribution is -2.31. The molecule has 0 saturated heterocycles. The lowest BCUT2D eigenvalue weighted by atomic mass is 10.3. The van der Waals surface area contributed by atoms with E-state index in [0.29, 0.717) is 18.9 Å². The topological polar surface area (TPSA) is 45.2 Å². The lowest BCUT2D eigenvalue weighted by Gasteiger charge is -2.15. The fraction of sp³-hybridized carbons (Fsp3) is 0.333. The second-order valence-electron chi connectivity index (χ2n) is 4.04. The molecule has 0 atom stereocenters. The normalized spacial score (nSPS) is 10.4. The third kappa shape index (κ3) is 5.60. The molecule has 1 heterocycles. The van der Waals surface area contributed by atoms with Gasteiger partial charge in [0.15, 0.2) is 0 Å². The van der Waals surface area contributed by atoms with E-state index >= 15 is 0 Å². The molecule has 92 valence electrons. The predicted molar refractivity (Wildman–Crippen MR) is 72.9 cm³/mol. The van der Waals surface area contributed by atoms with E-state index in [4.69, 9.17) is 0 Å². The summed E-state index contributed by atoms with van der Waals surface area (Å²) < 4.78 is 0.884. The maximum absolute atomic E-state index is 11.7. The van der Waals surface area contributed by atoms with Crippen LogP contribution in [0.2, 0.25) is 0 Å². The SMILES string of the molecule is C=C(C)CN(C)CC(=O)Nc1ccc(Br)cn1. The summed E-state index contributed by atoms with van der Waals surface area (Å²) in [6.07, 6.45) is 1.65. The Labute approximate surface area is 110 Å².